The van der Waals surface area contributed by atoms with Gasteiger partial charge < -0.3 is 15.2 Å². The molecule has 1 atom stereocenters. The number of nitrogens with one attached hydrogen (secondary N) is 1. The Morgan fingerprint density at radius 2 is 2.00 bits per heavy atom. The first-order valence-corrected chi connectivity index (χ1v) is 6.47. The molecule has 0 saturated carbocycles. The van der Waals surface area contributed by atoms with Gasteiger partial charge >= 0.3 is 0 Å². The van der Waals surface area contributed by atoms with Crippen molar-refractivity contribution in [2.75, 3.05) is 12.4 Å². The second-order valence-corrected chi connectivity index (χ2v) is 4.83. The number of aromatic hydroxyl groups is 1. The lowest BCUT2D eigenvalue weighted by Gasteiger charge is -2.17. The van der Waals surface area contributed by atoms with Crippen molar-refractivity contribution < 1.29 is 14.2 Å². The second-order valence-electron chi connectivity index (χ2n) is 4.42. The Morgan fingerprint density at radius 3 is 2.60 bits per heavy atom. The van der Waals surface area contributed by atoms with Gasteiger partial charge in [0.25, 0.3) is 0 Å². The predicted octanol–water partition coefficient (Wildman–Crippen LogP) is 4.37. The molecule has 0 spiro atoms. The monoisotopic (exact) mass is 295 g/mol. The molecule has 0 aliphatic carbocycles. The van der Waals surface area contributed by atoms with Gasteiger partial charge in [0.05, 0.1) is 18.2 Å². The van der Waals surface area contributed by atoms with Crippen molar-refractivity contribution in [2.45, 2.75) is 13.0 Å². The third-order valence-electron chi connectivity index (χ3n) is 3.01. The van der Waals surface area contributed by atoms with E-state index < -0.39 is 5.82 Å². The Morgan fingerprint density at radius 1 is 1.25 bits per heavy atom. The maximum atomic E-state index is 13.4. The summed E-state index contributed by atoms with van der Waals surface area (Å²) in [6.07, 6.45) is 0. The highest BCUT2D eigenvalue weighted by Gasteiger charge is 2.12. The lowest BCUT2D eigenvalue weighted by atomic mass is 10.1. The Kier molecular flexibility index (Phi) is 4.35. The summed E-state index contributed by atoms with van der Waals surface area (Å²) in [5.74, 6) is 0.220. The van der Waals surface area contributed by atoms with Gasteiger partial charge in [-0.1, -0.05) is 11.6 Å². The number of benzene rings is 2. The van der Waals surface area contributed by atoms with Gasteiger partial charge in [0, 0.05) is 17.3 Å². The van der Waals surface area contributed by atoms with Gasteiger partial charge in [-0.05, 0) is 37.3 Å². The molecule has 0 heterocycles. The molecule has 0 aromatic heterocycles. The van der Waals surface area contributed by atoms with Gasteiger partial charge in [-0.2, -0.15) is 0 Å². The van der Waals surface area contributed by atoms with Gasteiger partial charge in [0.15, 0.2) is 0 Å². The van der Waals surface area contributed by atoms with Crippen LogP contribution in [0.3, 0.4) is 0 Å². The van der Waals surface area contributed by atoms with Crippen LogP contribution in [-0.4, -0.2) is 12.2 Å². The van der Waals surface area contributed by atoms with Crippen molar-refractivity contribution in [1.82, 2.24) is 0 Å². The first kappa shape index (κ1) is 14.5. The molecule has 1 unspecified atom stereocenters. The molecule has 20 heavy (non-hydrogen) atoms. The fourth-order valence-corrected chi connectivity index (χ4v) is 2.05. The molecule has 0 saturated heterocycles. The molecular formula is C15H15ClFNO2. The summed E-state index contributed by atoms with van der Waals surface area (Å²) in [4.78, 5) is 0. The number of rotatable bonds is 4. The Hall–Kier alpha value is -1.94. The largest absolute Gasteiger partial charge is 0.507 e. The van der Waals surface area contributed by atoms with Crippen LogP contribution in [0.25, 0.3) is 0 Å². The highest BCUT2D eigenvalue weighted by Crippen LogP contribution is 2.31. The van der Waals surface area contributed by atoms with Crippen molar-refractivity contribution in [1.29, 1.82) is 0 Å². The predicted molar refractivity (Wildman–Crippen MR) is 78.1 cm³/mol. The van der Waals surface area contributed by atoms with Crippen LogP contribution in [-0.2, 0) is 0 Å². The molecule has 2 N–H and O–H groups in total. The summed E-state index contributed by atoms with van der Waals surface area (Å²) in [5, 5.41) is 13.1. The molecule has 2 aromatic rings. The number of methoxy groups -OCH3 is 1. The van der Waals surface area contributed by atoms with Crippen LogP contribution in [0.1, 0.15) is 18.5 Å². The fraction of sp³-hybridized carbons (Fsp3) is 0.200. The molecule has 0 fully saturated rings. The minimum absolute atomic E-state index is 0.0792. The van der Waals surface area contributed by atoms with Gasteiger partial charge in [0.2, 0.25) is 0 Å². The van der Waals surface area contributed by atoms with Crippen molar-refractivity contribution in [3.63, 3.8) is 0 Å². The van der Waals surface area contributed by atoms with E-state index in [1.165, 1.54) is 25.3 Å². The zero-order valence-electron chi connectivity index (χ0n) is 11.2. The lowest BCUT2D eigenvalue weighted by molar-refractivity contribution is 0.406. The summed E-state index contributed by atoms with van der Waals surface area (Å²) in [5.41, 5.74) is 1.29. The van der Waals surface area contributed by atoms with Crippen LogP contribution >= 0.6 is 11.6 Å². The number of hydrogen-bond donors (Lipinski definition) is 2. The van der Waals surface area contributed by atoms with Gasteiger partial charge in [-0.15, -0.1) is 0 Å². The Balaban J connectivity index is 2.19. The molecule has 0 aliphatic rings. The van der Waals surface area contributed by atoms with Crippen molar-refractivity contribution >= 4 is 17.3 Å². The van der Waals surface area contributed by atoms with E-state index in [1.54, 1.807) is 18.2 Å². The molecular weight excluding hydrogens is 281 g/mol. The smallest absolute Gasteiger partial charge is 0.143 e. The zero-order chi connectivity index (χ0) is 14.7. The topological polar surface area (TPSA) is 41.5 Å². The van der Waals surface area contributed by atoms with E-state index in [0.717, 1.165) is 0 Å². The first-order chi connectivity index (χ1) is 9.51. The number of anilines is 1. The van der Waals surface area contributed by atoms with Crippen LogP contribution in [0, 0.1) is 5.82 Å². The maximum Gasteiger partial charge on any atom is 0.143 e. The normalized spacial score (nSPS) is 12.0. The molecule has 0 bridgehead atoms. The molecule has 3 nitrogen and oxygen atoms in total. The van der Waals surface area contributed by atoms with Crippen LogP contribution < -0.4 is 10.1 Å². The maximum absolute atomic E-state index is 13.4. The number of halogens is 2. The summed E-state index contributed by atoms with van der Waals surface area (Å²) in [7, 11) is 1.53. The van der Waals surface area contributed by atoms with E-state index >= 15 is 0 Å². The van der Waals surface area contributed by atoms with Gasteiger partial charge in [0.1, 0.15) is 17.3 Å². The molecule has 5 heteroatoms. The summed E-state index contributed by atoms with van der Waals surface area (Å²) in [6.45, 7) is 1.87. The second kappa shape index (κ2) is 6.01. The van der Waals surface area contributed by atoms with Crippen LogP contribution in [0.5, 0.6) is 11.5 Å². The highest BCUT2D eigenvalue weighted by molar-refractivity contribution is 6.30. The third-order valence-corrected chi connectivity index (χ3v) is 3.31. The van der Waals surface area contributed by atoms with E-state index in [0.29, 0.717) is 17.0 Å². The molecule has 0 amide bonds. The highest BCUT2D eigenvalue weighted by atomic mass is 35.5. The number of phenolic OH excluding ortho intramolecular Hbond substituents is 1. The minimum Gasteiger partial charge on any atom is -0.507 e. The van der Waals surface area contributed by atoms with Gasteiger partial charge in [-0.25, -0.2) is 4.39 Å². The SMILES string of the molecule is COc1ccc(C(C)Nc2ccc(Cl)c(F)c2)c(O)c1. The van der Waals surface area contributed by atoms with Crippen molar-refractivity contribution in [3.05, 3.63) is 52.8 Å². The average Bonchev–Trinajstić information content (AvgIpc) is 2.42. The third kappa shape index (κ3) is 3.14. The minimum atomic E-state index is -0.484. The summed E-state index contributed by atoms with van der Waals surface area (Å²) < 4.78 is 18.4. The fourth-order valence-electron chi connectivity index (χ4n) is 1.93. The lowest BCUT2D eigenvalue weighted by Crippen LogP contribution is -2.07. The Bertz CT molecular complexity index is 619. The number of hydrogen-bond acceptors (Lipinski definition) is 3. The molecule has 0 radical (unpaired) electrons. The molecule has 0 aliphatic heterocycles. The van der Waals surface area contributed by atoms with Crippen molar-refractivity contribution in [3.8, 4) is 11.5 Å². The first-order valence-electron chi connectivity index (χ1n) is 6.09. The van der Waals surface area contributed by atoms with E-state index in [9.17, 15) is 9.50 Å². The zero-order valence-corrected chi connectivity index (χ0v) is 11.9. The van der Waals surface area contributed by atoms with Crippen LogP contribution in [0.2, 0.25) is 5.02 Å². The van der Waals surface area contributed by atoms with Gasteiger partial charge in [-0.3, -0.25) is 0 Å². The molecule has 2 rings (SSSR count). The standard InChI is InChI=1S/C15H15ClFNO2/c1-9(12-5-4-11(20-2)8-15(12)19)18-10-3-6-13(16)14(17)7-10/h3-9,18-19H,1-2H3. The van der Waals surface area contributed by atoms with E-state index in [2.05, 4.69) is 5.32 Å². The molecule has 2 aromatic carbocycles. The van der Waals surface area contributed by atoms with Crippen molar-refractivity contribution in [2.24, 2.45) is 0 Å². The van der Waals surface area contributed by atoms with Crippen LogP contribution in [0.15, 0.2) is 36.4 Å². The quantitative estimate of drug-likeness (QED) is 0.880. The Labute approximate surface area is 122 Å². The van der Waals surface area contributed by atoms with E-state index in [4.69, 9.17) is 16.3 Å². The van der Waals surface area contributed by atoms with E-state index in [1.807, 2.05) is 6.92 Å². The van der Waals surface area contributed by atoms with Crippen LogP contribution in [0.4, 0.5) is 10.1 Å². The van der Waals surface area contributed by atoms with E-state index in [-0.39, 0.29) is 16.8 Å². The molecule has 106 valence electrons. The summed E-state index contributed by atoms with van der Waals surface area (Å²) >= 11 is 5.64. The number of ether oxygens (including phenoxy) is 1. The average molecular weight is 296 g/mol. The number of phenols is 1. The summed E-state index contributed by atoms with van der Waals surface area (Å²) in [6, 6.07) is 9.35.